The molecular weight excluding hydrogens is 233 g/mol. The van der Waals surface area contributed by atoms with Gasteiger partial charge in [-0.15, -0.1) is 0 Å². The van der Waals surface area contributed by atoms with E-state index in [1.54, 1.807) is 0 Å². The van der Waals surface area contributed by atoms with Gasteiger partial charge < -0.3 is 10.1 Å². The molecule has 1 heterocycles. The van der Waals surface area contributed by atoms with Crippen molar-refractivity contribution in [3.05, 3.63) is 23.9 Å². The van der Waals surface area contributed by atoms with Crippen LogP contribution in [0.25, 0.3) is 0 Å². The lowest BCUT2D eigenvalue weighted by molar-refractivity contribution is -0.137. The average Bonchev–Trinajstić information content (AvgIpc) is 2.26. The molecule has 3 nitrogen and oxygen atoms in total. The van der Waals surface area contributed by atoms with Crippen LogP contribution in [0.3, 0.4) is 0 Å². The molecule has 1 rings (SSSR count). The molecular formula is C11H15F3N2O. The van der Waals surface area contributed by atoms with Crippen LogP contribution in [0, 0.1) is 0 Å². The summed E-state index contributed by atoms with van der Waals surface area (Å²) < 4.78 is 42.0. The molecule has 17 heavy (non-hydrogen) atoms. The summed E-state index contributed by atoms with van der Waals surface area (Å²) in [6, 6.07) is 2.31. The van der Waals surface area contributed by atoms with E-state index in [0.717, 1.165) is 18.8 Å². The number of nitrogens with one attached hydrogen (secondary N) is 1. The minimum Gasteiger partial charge on any atom is -0.476 e. The van der Waals surface area contributed by atoms with Crippen LogP contribution in [-0.2, 0) is 6.18 Å². The van der Waals surface area contributed by atoms with Gasteiger partial charge in [-0.05, 0) is 19.5 Å². The van der Waals surface area contributed by atoms with E-state index in [4.69, 9.17) is 4.74 Å². The highest BCUT2D eigenvalue weighted by Gasteiger charge is 2.30. The SMILES string of the molecule is CCNC(C)COc1ccc(C(F)(F)F)cn1. The highest BCUT2D eigenvalue weighted by molar-refractivity contribution is 5.20. The van der Waals surface area contributed by atoms with E-state index in [1.165, 1.54) is 6.07 Å². The van der Waals surface area contributed by atoms with Gasteiger partial charge in [0.2, 0.25) is 5.88 Å². The smallest absolute Gasteiger partial charge is 0.417 e. The Hall–Kier alpha value is -1.30. The van der Waals surface area contributed by atoms with E-state index in [0.29, 0.717) is 6.61 Å². The van der Waals surface area contributed by atoms with Crippen LogP contribution in [0.5, 0.6) is 5.88 Å². The van der Waals surface area contributed by atoms with Crippen LogP contribution < -0.4 is 10.1 Å². The van der Waals surface area contributed by atoms with Crippen molar-refractivity contribution in [3.8, 4) is 5.88 Å². The predicted molar refractivity (Wildman–Crippen MR) is 57.9 cm³/mol. The molecule has 0 aliphatic rings. The van der Waals surface area contributed by atoms with E-state index in [2.05, 4.69) is 10.3 Å². The Kier molecular flexibility index (Phi) is 4.74. The van der Waals surface area contributed by atoms with Gasteiger partial charge in [-0.3, -0.25) is 0 Å². The van der Waals surface area contributed by atoms with Gasteiger partial charge in [-0.2, -0.15) is 13.2 Å². The van der Waals surface area contributed by atoms with Gasteiger partial charge >= 0.3 is 6.18 Å². The maximum Gasteiger partial charge on any atom is 0.417 e. The van der Waals surface area contributed by atoms with Gasteiger partial charge in [0.1, 0.15) is 6.61 Å². The summed E-state index contributed by atoms with van der Waals surface area (Å²) in [6.45, 7) is 5.07. The van der Waals surface area contributed by atoms with Crippen molar-refractivity contribution >= 4 is 0 Å². The molecule has 0 bridgehead atoms. The van der Waals surface area contributed by atoms with E-state index in [9.17, 15) is 13.2 Å². The molecule has 1 atom stereocenters. The fourth-order valence-electron chi connectivity index (χ4n) is 1.25. The number of pyridine rings is 1. The van der Waals surface area contributed by atoms with Crippen molar-refractivity contribution in [1.29, 1.82) is 0 Å². The van der Waals surface area contributed by atoms with Crippen molar-refractivity contribution in [2.45, 2.75) is 26.1 Å². The lowest BCUT2D eigenvalue weighted by Crippen LogP contribution is -2.31. The molecule has 1 unspecified atom stereocenters. The van der Waals surface area contributed by atoms with Crippen molar-refractivity contribution in [2.75, 3.05) is 13.2 Å². The van der Waals surface area contributed by atoms with Gasteiger partial charge in [-0.1, -0.05) is 6.92 Å². The molecule has 1 aromatic rings. The molecule has 0 aromatic carbocycles. The Morgan fingerprint density at radius 3 is 2.59 bits per heavy atom. The van der Waals surface area contributed by atoms with Gasteiger partial charge in [0.15, 0.2) is 0 Å². The molecule has 1 aromatic heterocycles. The van der Waals surface area contributed by atoms with Crippen molar-refractivity contribution in [3.63, 3.8) is 0 Å². The fourth-order valence-corrected chi connectivity index (χ4v) is 1.25. The number of nitrogens with zero attached hydrogens (tertiary/aromatic N) is 1. The highest BCUT2D eigenvalue weighted by Crippen LogP contribution is 2.29. The van der Waals surface area contributed by atoms with E-state index >= 15 is 0 Å². The second-order valence-electron chi connectivity index (χ2n) is 3.65. The lowest BCUT2D eigenvalue weighted by atomic mass is 10.3. The number of hydrogen-bond donors (Lipinski definition) is 1. The predicted octanol–water partition coefficient (Wildman–Crippen LogP) is 2.48. The Labute approximate surface area is 98.0 Å². The van der Waals surface area contributed by atoms with Gasteiger partial charge in [0, 0.05) is 18.3 Å². The third-order valence-corrected chi connectivity index (χ3v) is 2.10. The third kappa shape index (κ3) is 4.60. The first-order valence-corrected chi connectivity index (χ1v) is 5.33. The summed E-state index contributed by atoms with van der Waals surface area (Å²) in [5.74, 6) is 0.197. The molecule has 0 saturated carbocycles. The fraction of sp³-hybridized carbons (Fsp3) is 0.545. The summed E-state index contributed by atoms with van der Waals surface area (Å²) in [5.41, 5.74) is -0.774. The summed E-state index contributed by atoms with van der Waals surface area (Å²) >= 11 is 0. The molecule has 1 N–H and O–H groups in total. The molecule has 0 fully saturated rings. The molecule has 96 valence electrons. The number of halogens is 3. The standard InChI is InChI=1S/C11H15F3N2O/c1-3-15-8(2)7-17-10-5-4-9(6-16-10)11(12,13)14/h4-6,8,15H,3,7H2,1-2H3. The minimum atomic E-state index is -4.36. The van der Waals surface area contributed by atoms with Crippen molar-refractivity contribution < 1.29 is 17.9 Å². The normalized spacial score (nSPS) is 13.5. The minimum absolute atomic E-state index is 0.129. The van der Waals surface area contributed by atoms with Gasteiger partial charge in [0.05, 0.1) is 5.56 Å². The van der Waals surface area contributed by atoms with E-state index < -0.39 is 11.7 Å². The first kappa shape index (κ1) is 13.8. The number of rotatable bonds is 5. The first-order chi connectivity index (χ1) is 7.93. The third-order valence-electron chi connectivity index (χ3n) is 2.10. The molecule has 0 amide bonds. The number of likely N-dealkylation sites (N-methyl/N-ethyl adjacent to an activating group) is 1. The molecule has 0 spiro atoms. The Bertz CT molecular complexity index is 338. The maximum absolute atomic E-state index is 12.2. The van der Waals surface area contributed by atoms with Crippen LogP contribution in [0.15, 0.2) is 18.3 Å². The number of aromatic nitrogens is 1. The molecule has 0 aliphatic heterocycles. The summed E-state index contributed by atoms with van der Waals surface area (Å²) in [7, 11) is 0. The largest absolute Gasteiger partial charge is 0.476 e. The molecule has 0 saturated heterocycles. The van der Waals surface area contributed by atoms with Crippen LogP contribution in [0.2, 0.25) is 0 Å². The number of alkyl halides is 3. The molecule has 0 radical (unpaired) electrons. The molecule has 6 heteroatoms. The zero-order chi connectivity index (χ0) is 12.9. The Morgan fingerprint density at radius 1 is 1.41 bits per heavy atom. The van der Waals surface area contributed by atoms with Gasteiger partial charge in [-0.25, -0.2) is 4.98 Å². The quantitative estimate of drug-likeness (QED) is 0.869. The van der Waals surface area contributed by atoms with Crippen molar-refractivity contribution in [2.24, 2.45) is 0 Å². The van der Waals surface area contributed by atoms with Crippen LogP contribution in [0.1, 0.15) is 19.4 Å². The summed E-state index contributed by atoms with van der Waals surface area (Å²) in [5, 5.41) is 3.12. The zero-order valence-corrected chi connectivity index (χ0v) is 9.71. The van der Waals surface area contributed by atoms with Crippen LogP contribution in [0.4, 0.5) is 13.2 Å². The topological polar surface area (TPSA) is 34.1 Å². The Morgan fingerprint density at radius 2 is 2.12 bits per heavy atom. The summed E-state index contributed by atoms with van der Waals surface area (Å²) in [6.07, 6.45) is -3.59. The second kappa shape index (κ2) is 5.86. The monoisotopic (exact) mass is 248 g/mol. The van der Waals surface area contributed by atoms with Crippen LogP contribution in [-0.4, -0.2) is 24.2 Å². The average molecular weight is 248 g/mol. The van der Waals surface area contributed by atoms with Crippen LogP contribution >= 0.6 is 0 Å². The lowest BCUT2D eigenvalue weighted by Gasteiger charge is -2.13. The maximum atomic E-state index is 12.2. The zero-order valence-electron chi connectivity index (χ0n) is 9.71. The van der Waals surface area contributed by atoms with E-state index in [-0.39, 0.29) is 11.9 Å². The highest BCUT2D eigenvalue weighted by atomic mass is 19.4. The first-order valence-electron chi connectivity index (χ1n) is 5.33. The van der Waals surface area contributed by atoms with Gasteiger partial charge in [0.25, 0.3) is 0 Å². The second-order valence-corrected chi connectivity index (χ2v) is 3.65. The molecule has 0 aliphatic carbocycles. The summed E-state index contributed by atoms with van der Waals surface area (Å²) in [4.78, 5) is 3.61. The van der Waals surface area contributed by atoms with E-state index in [1.807, 2.05) is 13.8 Å². The number of hydrogen-bond acceptors (Lipinski definition) is 3. The Balaban J connectivity index is 2.51. The number of ether oxygens (including phenoxy) is 1. The van der Waals surface area contributed by atoms with Crippen molar-refractivity contribution in [1.82, 2.24) is 10.3 Å².